The van der Waals surface area contributed by atoms with E-state index in [4.69, 9.17) is 4.74 Å². The highest BCUT2D eigenvalue weighted by molar-refractivity contribution is 4.79. The van der Waals surface area contributed by atoms with Crippen LogP contribution in [0.2, 0.25) is 0 Å². The molecular weight excluding hydrogens is 212 g/mol. The highest BCUT2D eigenvalue weighted by Crippen LogP contribution is 2.16. The van der Waals surface area contributed by atoms with E-state index in [1.807, 2.05) is 0 Å². The van der Waals surface area contributed by atoms with Gasteiger partial charge in [0.05, 0.1) is 6.61 Å². The third-order valence-electron chi connectivity index (χ3n) is 3.86. The molecule has 2 aliphatic heterocycles. The van der Waals surface area contributed by atoms with Gasteiger partial charge in [0, 0.05) is 25.7 Å². The highest BCUT2D eigenvalue weighted by Gasteiger charge is 2.23. The van der Waals surface area contributed by atoms with Crippen LogP contribution < -0.4 is 5.32 Å². The maximum absolute atomic E-state index is 5.48. The van der Waals surface area contributed by atoms with Crippen molar-refractivity contribution in [1.29, 1.82) is 0 Å². The molecule has 2 heterocycles. The van der Waals surface area contributed by atoms with Crippen molar-refractivity contribution in [3.63, 3.8) is 0 Å². The van der Waals surface area contributed by atoms with Crippen molar-refractivity contribution < 1.29 is 4.74 Å². The lowest BCUT2D eigenvalue weighted by Crippen LogP contribution is -2.40. The minimum atomic E-state index is 0.694. The summed E-state index contributed by atoms with van der Waals surface area (Å²) in [6.45, 7) is 11.5. The SMILES string of the molecule is CC(C)CC1CN(CC2CCOC2)CCCN1. The summed E-state index contributed by atoms with van der Waals surface area (Å²) in [4.78, 5) is 2.66. The average molecular weight is 240 g/mol. The van der Waals surface area contributed by atoms with E-state index >= 15 is 0 Å². The molecular formula is C14H28N2O. The van der Waals surface area contributed by atoms with E-state index in [2.05, 4.69) is 24.1 Å². The van der Waals surface area contributed by atoms with Crippen molar-refractivity contribution in [2.75, 3.05) is 39.4 Å². The number of hydrogen-bond donors (Lipinski definition) is 1. The average Bonchev–Trinajstić information content (AvgIpc) is 2.66. The van der Waals surface area contributed by atoms with Crippen LogP contribution in [0.1, 0.15) is 33.1 Å². The van der Waals surface area contributed by atoms with Crippen molar-refractivity contribution in [1.82, 2.24) is 10.2 Å². The van der Waals surface area contributed by atoms with Crippen LogP contribution in [0.25, 0.3) is 0 Å². The number of hydrogen-bond acceptors (Lipinski definition) is 3. The van der Waals surface area contributed by atoms with Crippen molar-refractivity contribution >= 4 is 0 Å². The molecule has 2 fully saturated rings. The summed E-state index contributed by atoms with van der Waals surface area (Å²) in [6, 6.07) is 0.694. The Hall–Kier alpha value is -0.120. The van der Waals surface area contributed by atoms with E-state index < -0.39 is 0 Å². The van der Waals surface area contributed by atoms with Gasteiger partial charge in [0.25, 0.3) is 0 Å². The molecule has 1 N–H and O–H groups in total. The van der Waals surface area contributed by atoms with Crippen LogP contribution >= 0.6 is 0 Å². The normalized spacial score (nSPS) is 31.9. The van der Waals surface area contributed by atoms with E-state index in [0.717, 1.165) is 25.0 Å². The van der Waals surface area contributed by atoms with E-state index in [-0.39, 0.29) is 0 Å². The van der Waals surface area contributed by atoms with Crippen LogP contribution in [0.5, 0.6) is 0 Å². The lowest BCUT2D eigenvalue weighted by Gasteiger charge is -2.27. The van der Waals surface area contributed by atoms with Gasteiger partial charge in [0.15, 0.2) is 0 Å². The predicted octanol–water partition coefficient (Wildman–Crippen LogP) is 1.73. The molecule has 0 radical (unpaired) electrons. The Kier molecular flexibility index (Phi) is 5.26. The number of nitrogens with one attached hydrogen (secondary N) is 1. The van der Waals surface area contributed by atoms with Crippen LogP contribution in [0, 0.1) is 11.8 Å². The molecule has 100 valence electrons. The number of ether oxygens (including phenoxy) is 1. The van der Waals surface area contributed by atoms with Crippen molar-refractivity contribution in [2.45, 2.75) is 39.2 Å². The number of rotatable bonds is 4. The van der Waals surface area contributed by atoms with Crippen molar-refractivity contribution in [3.8, 4) is 0 Å². The second-order valence-corrected chi connectivity index (χ2v) is 6.12. The molecule has 2 atom stereocenters. The Morgan fingerprint density at radius 1 is 1.41 bits per heavy atom. The molecule has 2 rings (SSSR count). The van der Waals surface area contributed by atoms with Gasteiger partial charge in [-0.05, 0) is 44.2 Å². The lowest BCUT2D eigenvalue weighted by molar-refractivity contribution is 0.164. The second-order valence-electron chi connectivity index (χ2n) is 6.12. The maximum atomic E-state index is 5.48. The van der Waals surface area contributed by atoms with Gasteiger partial charge < -0.3 is 15.0 Å². The molecule has 0 amide bonds. The summed E-state index contributed by atoms with van der Waals surface area (Å²) < 4.78 is 5.48. The summed E-state index contributed by atoms with van der Waals surface area (Å²) >= 11 is 0. The summed E-state index contributed by atoms with van der Waals surface area (Å²) in [6.07, 6.45) is 3.86. The van der Waals surface area contributed by atoms with E-state index in [1.54, 1.807) is 0 Å². The smallest absolute Gasteiger partial charge is 0.0507 e. The van der Waals surface area contributed by atoms with Gasteiger partial charge in [0.1, 0.15) is 0 Å². The topological polar surface area (TPSA) is 24.5 Å². The summed E-state index contributed by atoms with van der Waals surface area (Å²) in [7, 11) is 0. The molecule has 2 aliphatic rings. The van der Waals surface area contributed by atoms with Crippen molar-refractivity contribution in [2.24, 2.45) is 11.8 Å². The first kappa shape index (κ1) is 13.3. The van der Waals surface area contributed by atoms with Gasteiger partial charge in [-0.25, -0.2) is 0 Å². The Morgan fingerprint density at radius 2 is 2.29 bits per heavy atom. The Balaban J connectivity index is 1.79. The molecule has 0 bridgehead atoms. The second kappa shape index (κ2) is 6.72. The van der Waals surface area contributed by atoms with Gasteiger partial charge in [-0.3, -0.25) is 0 Å². The summed E-state index contributed by atoms with van der Waals surface area (Å²) in [5, 5.41) is 3.69. The van der Waals surface area contributed by atoms with Crippen LogP contribution in [0.15, 0.2) is 0 Å². The highest BCUT2D eigenvalue weighted by atomic mass is 16.5. The largest absolute Gasteiger partial charge is 0.381 e. The quantitative estimate of drug-likeness (QED) is 0.810. The van der Waals surface area contributed by atoms with Gasteiger partial charge in [0.2, 0.25) is 0 Å². The minimum absolute atomic E-state index is 0.694. The zero-order valence-corrected chi connectivity index (χ0v) is 11.5. The first-order valence-corrected chi connectivity index (χ1v) is 7.27. The molecule has 2 unspecified atom stereocenters. The molecule has 0 aromatic carbocycles. The first-order valence-electron chi connectivity index (χ1n) is 7.27. The molecule has 3 nitrogen and oxygen atoms in total. The minimum Gasteiger partial charge on any atom is -0.381 e. The molecule has 0 saturated carbocycles. The van der Waals surface area contributed by atoms with Crippen molar-refractivity contribution in [3.05, 3.63) is 0 Å². The monoisotopic (exact) mass is 240 g/mol. The Labute approximate surface area is 106 Å². The third kappa shape index (κ3) is 4.57. The van der Waals surface area contributed by atoms with Gasteiger partial charge in [-0.1, -0.05) is 13.8 Å². The Bertz CT molecular complexity index is 214. The molecule has 0 aliphatic carbocycles. The summed E-state index contributed by atoms with van der Waals surface area (Å²) in [5.74, 6) is 1.58. The zero-order valence-electron chi connectivity index (χ0n) is 11.5. The van der Waals surface area contributed by atoms with Crippen LogP contribution in [-0.4, -0.2) is 50.3 Å². The fourth-order valence-electron chi connectivity index (χ4n) is 3.06. The summed E-state index contributed by atoms with van der Waals surface area (Å²) in [5.41, 5.74) is 0. The van der Waals surface area contributed by atoms with Crippen LogP contribution in [0.3, 0.4) is 0 Å². The fourth-order valence-corrected chi connectivity index (χ4v) is 3.06. The maximum Gasteiger partial charge on any atom is 0.0507 e. The van der Waals surface area contributed by atoms with E-state index in [1.165, 1.54) is 45.4 Å². The molecule has 0 aromatic heterocycles. The molecule has 0 spiro atoms. The van der Waals surface area contributed by atoms with E-state index in [0.29, 0.717) is 6.04 Å². The van der Waals surface area contributed by atoms with Gasteiger partial charge in [-0.15, -0.1) is 0 Å². The molecule has 3 heteroatoms. The first-order chi connectivity index (χ1) is 8.24. The molecule has 0 aromatic rings. The van der Waals surface area contributed by atoms with E-state index in [9.17, 15) is 0 Å². The lowest BCUT2D eigenvalue weighted by atomic mass is 10.0. The predicted molar refractivity (Wildman–Crippen MR) is 71.2 cm³/mol. The standard InChI is InChI=1S/C14H28N2O/c1-12(2)8-14-10-16(6-3-5-15-14)9-13-4-7-17-11-13/h12-15H,3-11H2,1-2H3. The molecule has 17 heavy (non-hydrogen) atoms. The van der Waals surface area contributed by atoms with Crippen LogP contribution in [-0.2, 0) is 4.74 Å². The van der Waals surface area contributed by atoms with Crippen LogP contribution in [0.4, 0.5) is 0 Å². The molecule has 2 saturated heterocycles. The zero-order chi connectivity index (χ0) is 12.1. The van der Waals surface area contributed by atoms with Gasteiger partial charge in [-0.2, -0.15) is 0 Å². The van der Waals surface area contributed by atoms with Gasteiger partial charge >= 0.3 is 0 Å². The number of nitrogens with zero attached hydrogens (tertiary/aromatic N) is 1. The fraction of sp³-hybridized carbons (Fsp3) is 1.00. The Morgan fingerprint density at radius 3 is 3.00 bits per heavy atom. The third-order valence-corrected chi connectivity index (χ3v) is 3.86.